The van der Waals surface area contributed by atoms with Gasteiger partial charge in [-0.25, -0.2) is 0 Å². The smallest absolute Gasteiger partial charge is 0.273 e. The molecule has 0 aromatic carbocycles. The number of nitrogens with one attached hydrogen (secondary N) is 1. The zero-order chi connectivity index (χ0) is 12.2. The number of rotatable bonds is 5. The first kappa shape index (κ1) is 12.7. The molecule has 1 heterocycles. The summed E-state index contributed by atoms with van der Waals surface area (Å²) in [5.74, 6) is 0.267. The van der Waals surface area contributed by atoms with Crippen LogP contribution in [0.5, 0.6) is 0 Å². The molecule has 0 spiro atoms. The molecule has 0 unspecified atom stereocenters. The quantitative estimate of drug-likeness (QED) is 0.792. The van der Waals surface area contributed by atoms with Gasteiger partial charge in [-0.3, -0.25) is 4.79 Å². The van der Waals surface area contributed by atoms with Crippen molar-refractivity contribution in [2.75, 3.05) is 6.54 Å². The summed E-state index contributed by atoms with van der Waals surface area (Å²) in [6.45, 7) is 5.72. The van der Waals surface area contributed by atoms with Crippen molar-refractivity contribution in [2.45, 2.75) is 39.2 Å². The molecule has 2 N–H and O–H groups in total. The van der Waals surface area contributed by atoms with Crippen LogP contribution < -0.4 is 5.32 Å². The SMILES string of the molecule is CCC(O)(CC)CNC(=O)c1cc(C)on1. The number of hydrogen-bond donors (Lipinski definition) is 2. The highest BCUT2D eigenvalue weighted by Crippen LogP contribution is 2.13. The van der Waals surface area contributed by atoms with E-state index in [1.165, 1.54) is 0 Å². The lowest BCUT2D eigenvalue weighted by Gasteiger charge is -2.24. The molecule has 0 saturated carbocycles. The van der Waals surface area contributed by atoms with Crippen molar-refractivity contribution in [3.63, 3.8) is 0 Å². The largest absolute Gasteiger partial charge is 0.388 e. The first-order valence-electron chi connectivity index (χ1n) is 5.44. The second-order valence-corrected chi connectivity index (χ2v) is 3.94. The van der Waals surface area contributed by atoms with Crippen LogP contribution in [-0.4, -0.2) is 28.3 Å². The Morgan fingerprint density at radius 1 is 1.56 bits per heavy atom. The molecular formula is C11H18N2O3. The Hall–Kier alpha value is -1.36. The van der Waals surface area contributed by atoms with Crippen LogP contribution in [0.1, 0.15) is 42.9 Å². The van der Waals surface area contributed by atoms with E-state index in [2.05, 4.69) is 10.5 Å². The molecule has 0 fully saturated rings. The predicted octanol–water partition coefficient (Wildman–Crippen LogP) is 1.26. The lowest BCUT2D eigenvalue weighted by molar-refractivity contribution is 0.0312. The summed E-state index contributed by atoms with van der Waals surface area (Å²) in [7, 11) is 0. The van der Waals surface area contributed by atoms with Gasteiger partial charge in [0.2, 0.25) is 0 Å². The molecule has 1 amide bonds. The van der Waals surface area contributed by atoms with Gasteiger partial charge in [0, 0.05) is 12.6 Å². The minimum absolute atomic E-state index is 0.227. The monoisotopic (exact) mass is 226 g/mol. The van der Waals surface area contributed by atoms with Crippen LogP contribution in [0, 0.1) is 6.92 Å². The third-order valence-corrected chi connectivity index (χ3v) is 2.75. The minimum atomic E-state index is -0.839. The molecule has 1 aromatic heterocycles. The Balaban J connectivity index is 2.53. The number of amides is 1. The maximum Gasteiger partial charge on any atom is 0.273 e. The van der Waals surface area contributed by atoms with Crippen LogP contribution in [0.4, 0.5) is 0 Å². The summed E-state index contributed by atoms with van der Waals surface area (Å²) < 4.78 is 4.80. The Morgan fingerprint density at radius 2 is 2.19 bits per heavy atom. The molecule has 1 aromatic rings. The van der Waals surface area contributed by atoms with Gasteiger partial charge < -0.3 is 14.9 Å². The van der Waals surface area contributed by atoms with E-state index in [1.54, 1.807) is 13.0 Å². The van der Waals surface area contributed by atoms with E-state index in [4.69, 9.17) is 4.52 Å². The van der Waals surface area contributed by atoms with Crippen LogP contribution >= 0.6 is 0 Å². The van der Waals surface area contributed by atoms with Gasteiger partial charge in [-0.1, -0.05) is 19.0 Å². The molecular weight excluding hydrogens is 208 g/mol. The van der Waals surface area contributed by atoms with E-state index in [0.717, 1.165) is 0 Å². The zero-order valence-corrected chi connectivity index (χ0v) is 9.91. The number of aromatic nitrogens is 1. The average Bonchev–Trinajstić information content (AvgIpc) is 2.72. The molecule has 5 heteroatoms. The van der Waals surface area contributed by atoms with Crippen molar-refractivity contribution in [3.05, 3.63) is 17.5 Å². The van der Waals surface area contributed by atoms with Gasteiger partial charge in [-0.2, -0.15) is 0 Å². The maximum absolute atomic E-state index is 11.6. The van der Waals surface area contributed by atoms with Crippen LogP contribution in [0.2, 0.25) is 0 Å². The number of carbonyl (C=O) groups is 1. The number of aryl methyl sites for hydroxylation is 1. The Kier molecular flexibility index (Phi) is 4.06. The fraction of sp³-hybridized carbons (Fsp3) is 0.636. The van der Waals surface area contributed by atoms with Gasteiger partial charge in [0.05, 0.1) is 5.60 Å². The normalized spacial score (nSPS) is 11.5. The van der Waals surface area contributed by atoms with E-state index >= 15 is 0 Å². The van der Waals surface area contributed by atoms with E-state index in [0.29, 0.717) is 18.6 Å². The fourth-order valence-corrected chi connectivity index (χ4v) is 1.31. The zero-order valence-electron chi connectivity index (χ0n) is 9.91. The van der Waals surface area contributed by atoms with Gasteiger partial charge >= 0.3 is 0 Å². The molecule has 90 valence electrons. The van der Waals surface area contributed by atoms with Crippen molar-refractivity contribution in [3.8, 4) is 0 Å². The van der Waals surface area contributed by atoms with Crippen molar-refractivity contribution in [1.82, 2.24) is 10.5 Å². The Morgan fingerprint density at radius 3 is 2.62 bits per heavy atom. The molecule has 0 radical (unpaired) electrons. The highest BCUT2D eigenvalue weighted by Gasteiger charge is 2.23. The van der Waals surface area contributed by atoms with E-state index < -0.39 is 5.60 Å². The second-order valence-electron chi connectivity index (χ2n) is 3.94. The van der Waals surface area contributed by atoms with Crippen molar-refractivity contribution >= 4 is 5.91 Å². The second kappa shape index (κ2) is 5.12. The molecule has 0 saturated heterocycles. The van der Waals surface area contributed by atoms with Gasteiger partial charge in [0.15, 0.2) is 5.69 Å². The summed E-state index contributed by atoms with van der Waals surface area (Å²) in [5, 5.41) is 16.2. The fourth-order valence-electron chi connectivity index (χ4n) is 1.31. The first-order valence-corrected chi connectivity index (χ1v) is 5.44. The van der Waals surface area contributed by atoms with E-state index in [-0.39, 0.29) is 18.1 Å². The van der Waals surface area contributed by atoms with Crippen LogP contribution in [-0.2, 0) is 0 Å². The standard InChI is InChI=1S/C11H18N2O3/c1-4-11(15,5-2)7-12-10(14)9-6-8(3)16-13-9/h6,15H,4-5,7H2,1-3H3,(H,12,14). The van der Waals surface area contributed by atoms with Crippen molar-refractivity contribution in [2.24, 2.45) is 0 Å². The molecule has 16 heavy (non-hydrogen) atoms. The Bertz CT molecular complexity index is 356. The number of aliphatic hydroxyl groups is 1. The summed E-state index contributed by atoms with van der Waals surface area (Å²) >= 11 is 0. The highest BCUT2D eigenvalue weighted by molar-refractivity contribution is 5.92. The minimum Gasteiger partial charge on any atom is -0.388 e. The average molecular weight is 226 g/mol. The molecule has 0 atom stereocenters. The molecule has 0 aliphatic heterocycles. The van der Waals surface area contributed by atoms with Crippen molar-refractivity contribution in [1.29, 1.82) is 0 Å². The summed E-state index contributed by atoms with van der Waals surface area (Å²) in [6, 6.07) is 1.56. The van der Waals surface area contributed by atoms with E-state index in [9.17, 15) is 9.90 Å². The van der Waals surface area contributed by atoms with E-state index in [1.807, 2.05) is 13.8 Å². The topological polar surface area (TPSA) is 75.4 Å². The molecule has 1 rings (SSSR count). The van der Waals surface area contributed by atoms with Gasteiger partial charge in [0.1, 0.15) is 5.76 Å². The molecule has 0 bridgehead atoms. The lowest BCUT2D eigenvalue weighted by atomic mass is 9.97. The maximum atomic E-state index is 11.6. The van der Waals surface area contributed by atoms with Gasteiger partial charge in [0.25, 0.3) is 5.91 Å². The van der Waals surface area contributed by atoms with Gasteiger partial charge in [-0.15, -0.1) is 0 Å². The molecule has 5 nitrogen and oxygen atoms in total. The number of hydrogen-bond acceptors (Lipinski definition) is 4. The summed E-state index contributed by atoms with van der Waals surface area (Å²) in [6.07, 6.45) is 1.20. The third kappa shape index (κ3) is 3.06. The number of carbonyl (C=O) groups excluding carboxylic acids is 1. The number of nitrogens with zero attached hydrogens (tertiary/aromatic N) is 1. The summed E-state index contributed by atoms with van der Waals surface area (Å²) in [5.41, 5.74) is -0.596. The predicted molar refractivity (Wildman–Crippen MR) is 59.1 cm³/mol. The van der Waals surface area contributed by atoms with Crippen LogP contribution in [0.3, 0.4) is 0 Å². The third-order valence-electron chi connectivity index (χ3n) is 2.75. The first-order chi connectivity index (χ1) is 7.50. The van der Waals surface area contributed by atoms with Gasteiger partial charge in [-0.05, 0) is 19.8 Å². The van der Waals surface area contributed by atoms with Crippen molar-refractivity contribution < 1.29 is 14.4 Å². The Labute approximate surface area is 94.8 Å². The molecule has 0 aliphatic carbocycles. The van der Waals surface area contributed by atoms with Crippen LogP contribution in [0.15, 0.2) is 10.6 Å². The summed E-state index contributed by atoms with van der Waals surface area (Å²) in [4.78, 5) is 11.6. The van der Waals surface area contributed by atoms with Crippen LogP contribution in [0.25, 0.3) is 0 Å². The highest BCUT2D eigenvalue weighted by atomic mass is 16.5. The molecule has 0 aliphatic rings. The lowest BCUT2D eigenvalue weighted by Crippen LogP contribution is -2.42.